The fourth-order valence-electron chi connectivity index (χ4n) is 1.91. The van der Waals surface area contributed by atoms with Crippen molar-refractivity contribution in [2.45, 2.75) is 26.8 Å². The molecule has 0 atom stereocenters. The van der Waals surface area contributed by atoms with Crippen LogP contribution in [0.4, 0.5) is 5.69 Å². The Morgan fingerprint density at radius 3 is 2.75 bits per heavy atom. The first-order valence-electron chi connectivity index (χ1n) is 6.52. The Hall–Kier alpha value is -1.63. The molecule has 6 nitrogen and oxygen atoms in total. The molecule has 0 aliphatic rings. The van der Waals surface area contributed by atoms with E-state index in [1.54, 1.807) is 16.9 Å². The quantitative estimate of drug-likeness (QED) is 0.903. The number of halogens is 1. The van der Waals surface area contributed by atoms with Gasteiger partial charge in [0.2, 0.25) is 0 Å². The van der Waals surface area contributed by atoms with Crippen molar-refractivity contribution in [2.24, 2.45) is 7.05 Å². The molecule has 0 spiro atoms. The molecule has 20 heavy (non-hydrogen) atoms. The number of hydrogen-bond acceptors (Lipinski definition) is 4. The van der Waals surface area contributed by atoms with Crippen LogP contribution in [-0.2, 0) is 13.6 Å². The zero-order valence-corrected chi connectivity index (χ0v) is 13.4. The van der Waals surface area contributed by atoms with E-state index in [1.807, 2.05) is 14.0 Å². The maximum absolute atomic E-state index is 12.1. The first kappa shape index (κ1) is 14.8. The second-order valence-electron chi connectivity index (χ2n) is 4.64. The summed E-state index contributed by atoms with van der Waals surface area (Å²) in [5.41, 5.74) is 2.45. The van der Waals surface area contributed by atoms with E-state index in [2.05, 4.69) is 38.4 Å². The number of aromatic nitrogens is 4. The summed E-state index contributed by atoms with van der Waals surface area (Å²) in [7, 11) is 1.86. The third kappa shape index (κ3) is 3.09. The molecule has 0 aliphatic carbocycles. The molecule has 0 fully saturated rings. The second-order valence-corrected chi connectivity index (χ2v) is 5.43. The third-order valence-electron chi connectivity index (χ3n) is 3.01. The number of anilines is 1. The molecule has 1 N–H and O–H groups in total. The Morgan fingerprint density at radius 2 is 2.20 bits per heavy atom. The first-order valence-corrected chi connectivity index (χ1v) is 7.31. The summed E-state index contributed by atoms with van der Waals surface area (Å²) in [4.78, 5) is 12.1. The predicted molar refractivity (Wildman–Crippen MR) is 82.0 cm³/mol. The van der Waals surface area contributed by atoms with Crippen molar-refractivity contribution in [3.05, 3.63) is 38.5 Å². The van der Waals surface area contributed by atoms with E-state index < -0.39 is 0 Å². The van der Waals surface area contributed by atoms with Crippen LogP contribution < -0.4 is 10.9 Å². The van der Waals surface area contributed by atoms with Gasteiger partial charge in [0.1, 0.15) is 0 Å². The zero-order chi connectivity index (χ0) is 14.7. The van der Waals surface area contributed by atoms with Crippen molar-refractivity contribution >= 4 is 21.6 Å². The average Bonchev–Trinajstić information content (AvgIpc) is 2.65. The maximum atomic E-state index is 12.1. The summed E-state index contributed by atoms with van der Waals surface area (Å²) in [6, 6.07) is 1.57. The van der Waals surface area contributed by atoms with Gasteiger partial charge < -0.3 is 5.32 Å². The first-order chi connectivity index (χ1) is 9.52. The fourth-order valence-corrected chi connectivity index (χ4v) is 2.37. The van der Waals surface area contributed by atoms with Crippen LogP contribution in [0.25, 0.3) is 0 Å². The molecule has 0 amide bonds. The van der Waals surface area contributed by atoms with Crippen LogP contribution in [0.15, 0.2) is 21.5 Å². The van der Waals surface area contributed by atoms with Crippen molar-refractivity contribution in [1.29, 1.82) is 0 Å². The van der Waals surface area contributed by atoms with Gasteiger partial charge in [-0.25, -0.2) is 4.68 Å². The Balaban J connectivity index is 2.24. The Bertz CT molecular complexity index is 661. The summed E-state index contributed by atoms with van der Waals surface area (Å²) in [6.45, 7) is 5.22. The molecule has 0 radical (unpaired) electrons. The molecule has 2 heterocycles. The lowest BCUT2D eigenvalue weighted by molar-refractivity contribution is 0.589. The van der Waals surface area contributed by atoms with Crippen LogP contribution in [0, 0.1) is 6.92 Å². The van der Waals surface area contributed by atoms with Gasteiger partial charge in [-0.2, -0.15) is 10.2 Å². The van der Waals surface area contributed by atoms with E-state index in [0.29, 0.717) is 6.54 Å². The number of nitrogens with zero attached hydrogens (tertiary/aromatic N) is 4. The van der Waals surface area contributed by atoms with Crippen LogP contribution in [0.3, 0.4) is 0 Å². The van der Waals surface area contributed by atoms with Gasteiger partial charge >= 0.3 is 0 Å². The van der Waals surface area contributed by atoms with Gasteiger partial charge in [0.05, 0.1) is 34.3 Å². The lowest BCUT2D eigenvalue weighted by Gasteiger charge is -2.08. The molecule has 0 aromatic carbocycles. The Kier molecular flexibility index (Phi) is 4.59. The normalized spacial score (nSPS) is 10.8. The van der Waals surface area contributed by atoms with Gasteiger partial charge in [-0.15, -0.1) is 0 Å². The summed E-state index contributed by atoms with van der Waals surface area (Å²) in [6.07, 6.45) is 2.68. The van der Waals surface area contributed by atoms with E-state index in [-0.39, 0.29) is 5.56 Å². The van der Waals surface area contributed by atoms with Crippen LogP contribution in [-0.4, -0.2) is 26.1 Å². The smallest absolute Gasteiger partial charge is 0.269 e. The average molecular weight is 340 g/mol. The summed E-state index contributed by atoms with van der Waals surface area (Å²) >= 11 is 3.49. The highest BCUT2D eigenvalue weighted by atomic mass is 79.9. The van der Waals surface area contributed by atoms with Gasteiger partial charge in [-0.05, 0) is 29.3 Å². The largest absolute Gasteiger partial charge is 0.384 e. The molecule has 7 heteroatoms. The summed E-state index contributed by atoms with van der Waals surface area (Å²) < 4.78 is 4.11. The van der Waals surface area contributed by atoms with Gasteiger partial charge in [0.15, 0.2) is 0 Å². The SMILES string of the molecule is CCCNc1cnn(Cc2c(Br)c(C)nn2C)c(=O)c1. The van der Waals surface area contributed by atoms with Crippen molar-refractivity contribution in [1.82, 2.24) is 19.6 Å². The Labute approximate surface area is 125 Å². The van der Waals surface area contributed by atoms with E-state index >= 15 is 0 Å². The minimum Gasteiger partial charge on any atom is -0.384 e. The molecule has 2 aromatic rings. The highest BCUT2D eigenvalue weighted by molar-refractivity contribution is 9.10. The van der Waals surface area contributed by atoms with Gasteiger partial charge in [0.25, 0.3) is 5.56 Å². The molecule has 0 unspecified atom stereocenters. The fraction of sp³-hybridized carbons (Fsp3) is 0.462. The molecule has 0 aliphatic heterocycles. The van der Waals surface area contributed by atoms with Gasteiger partial charge in [0, 0.05) is 19.7 Å². The lowest BCUT2D eigenvalue weighted by atomic mass is 10.3. The summed E-state index contributed by atoms with van der Waals surface area (Å²) in [5, 5.41) is 11.7. The monoisotopic (exact) mass is 339 g/mol. The zero-order valence-electron chi connectivity index (χ0n) is 11.9. The molecular weight excluding hydrogens is 322 g/mol. The van der Waals surface area contributed by atoms with Crippen LogP contribution in [0.1, 0.15) is 24.7 Å². The number of hydrogen-bond donors (Lipinski definition) is 1. The Morgan fingerprint density at radius 1 is 1.45 bits per heavy atom. The number of rotatable bonds is 5. The number of aryl methyl sites for hydroxylation is 2. The summed E-state index contributed by atoms with van der Waals surface area (Å²) in [5.74, 6) is 0. The van der Waals surface area contributed by atoms with Crippen molar-refractivity contribution < 1.29 is 0 Å². The standard InChI is InChI=1S/C13H18BrN5O/c1-4-5-15-10-6-12(20)19(16-7-10)8-11-13(14)9(2)17-18(11)3/h6-7,15H,4-5,8H2,1-3H3. The lowest BCUT2D eigenvalue weighted by Crippen LogP contribution is -2.24. The second kappa shape index (κ2) is 6.21. The van der Waals surface area contributed by atoms with E-state index in [4.69, 9.17) is 0 Å². The molecular formula is C13H18BrN5O. The van der Waals surface area contributed by atoms with Crippen LogP contribution in [0.2, 0.25) is 0 Å². The van der Waals surface area contributed by atoms with Gasteiger partial charge in [-0.3, -0.25) is 9.48 Å². The topological polar surface area (TPSA) is 64.7 Å². The minimum atomic E-state index is -0.128. The molecule has 0 saturated carbocycles. The molecule has 0 saturated heterocycles. The van der Waals surface area contributed by atoms with Crippen LogP contribution in [0.5, 0.6) is 0 Å². The van der Waals surface area contributed by atoms with Crippen molar-refractivity contribution in [3.8, 4) is 0 Å². The predicted octanol–water partition coefficient (Wildman–Crippen LogP) is 1.92. The van der Waals surface area contributed by atoms with Crippen molar-refractivity contribution in [3.63, 3.8) is 0 Å². The number of nitrogens with one attached hydrogen (secondary N) is 1. The highest BCUT2D eigenvalue weighted by Gasteiger charge is 2.12. The molecule has 2 rings (SSSR count). The van der Waals surface area contributed by atoms with Crippen LogP contribution >= 0.6 is 15.9 Å². The third-order valence-corrected chi connectivity index (χ3v) is 4.04. The maximum Gasteiger partial charge on any atom is 0.269 e. The van der Waals surface area contributed by atoms with Gasteiger partial charge in [-0.1, -0.05) is 6.92 Å². The van der Waals surface area contributed by atoms with E-state index in [1.165, 1.54) is 4.68 Å². The highest BCUT2D eigenvalue weighted by Crippen LogP contribution is 2.20. The molecule has 108 valence electrons. The molecule has 0 bridgehead atoms. The molecule has 2 aromatic heterocycles. The minimum absolute atomic E-state index is 0.128. The van der Waals surface area contributed by atoms with E-state index in [0.717, 1.165) is 34.5 Å². The van der Waals surface area contributed by atoms with Crippen molar-refractivity contribution in [2.75, 3.05) is 11.9 Å². The van der Waals surface area contributed by atoms with E-state index in [9.17, 15) is 4.79 Å².